The SMILES string of the molecule is COC1=NCc2ccc(NC(=O)c3nc(Br)c(C#N)c(C)c3C)cc21. The summed E-state index contributed by atoms with van der Waals surface area (Å²) < 4.78 is 5.61. The van der Waals surface area contributed by atoms with Crippen molar-refractivity contribution in [1.82, 2.24) is 4.98 Å². The van der Waals surface area contributed by atoms with E-state index in [-0.39, 0.29) is 11.6 Å². The molecule has 1 aliphatic rings. The summed E-state index contributed by atoms with van der Waals surface area (Å²) in [5, 5.41) is 12.0. The van der Waals surface area contributed by atoms with Crippen LogP contribution < -0.4 is 5.32 Å². The third kappa shape index (κ3) is 3.01. The maximum absolute atomic E-state index is 12.7. The Hall–Kier alpha value is -2.72. The minimum Gasteiger partial charge on any atom is -0.481 e. The summed E-state index contributed by atoms with van der Waals surface area (Å²) in [5.41, 5.74) is 4.70. The number of ether oxygens (including phenoxy) is 1. The van der Waals surface area contributed by atoms with Gasteiger partial charge in [0.1, 0.15) is 16.4 Å². The number of methoxy groups -OCH3 is 1. The molecule has 6 nitrogen and oxygen atoms in total. The van der Waals surface area contributed by atoms with Crippen molar-refractivity contribution >= 4 is 33.4 Å². The summed E-state index contributed by atoms with van der Waals surface area (Å²) in [7, 11) is 1.57. The molecule has 7 heteroatoms. The maximum Gasteiger partial charge on any atom is 0.274 e. The first kappa shape index (κ1) is 17.1. The lowest BCUT2D eigenvalue weighted by molar-refractivity contribution is 0.102. The van der Waals surface area contributed by atoms with Crippen molar-refractivity contribution in [2.45, 2.75) is 20.4 Å². The van der Waals surface area contributed by atoms with E-state index >= 15 is 0 Å². The Morgan fingerprint density at radius 1 is 1.36 bits per heavy atom. The van der Waals surface area contributed by atoms with Gasteiger partial charge in [0.25, 0.3) is 5.91 Å². The number of pyridine rings is 1. The zero-order valence-corrected chi connectivity index (χ0v) is 15.6. The van der Waals surface area contributed by atoms with Gasteiger partial charge in [0.15, 0.2) is 0 Å². The van der Waals surface area contributed by atoms with Crippen LogP contribution in [0.3, 0.4) is 0 Å². The predicted molar refractivity (Wildman–Crippen MR) is 97.8 cm³/mol. The molecule has 2 aromatic rings. The normalized spacial score (nSPS) is 12.2. The van der Waals surface area contributed by atoms with Crippen molar-refractivity contribution < 1.29 is 9.53 Å². The number of fused-ring (bicyclic) bond motifs is 1. The number of halogens is 1. The van der Waals surface area contributed by atoms with E-state index in [1.54, 1.807) is 21.0 Å². The number of carbonyl (C=O) groups excluding carboxylic acids is 1. The summed E-state index contributed by atoms with van der Waals surface area (Å²) in [5.74, 6) is 0.233. The molecule has 1 aromatic carbocycles. The third-order valence-electron chi connectivity index (χ3n) is 4.22. The number of carbonyl (C=O) groups is 1. The van der Waals surface area contributed by atoms with Crippen molar-refractivity contribution in [1.29, 1.82) is 5.26 Å². The number of benzene rings is 1. The molecule has 1 aromatic heterocycles. The van der Waals surface area contributed by atoms with Crippen LogP contribution >= 0.6 is 15.9 Å². The Morgan fingerprint density at radius 2 is 2.12 bits per heavy atom. The van der Waals surface area contributed by atoms with Crippen molar-refractivity contribution in [2.24, 2.45) is 4.99 Å². The zero-order valence-electron chi connectivity index (χ0n) is 14.0. The minimum atomic E-state index is -0.334. The monoisotopic (exact) mass is 398 g/mol. The first-order valence-corrected chi connectivity index (χ1v) is 8.35. The summed E-state index contributed by atoms with van der Waals surface area (Å²) in [6.45, 7) is 4.16. The van der Waals surface area contributed by atoms with E-state index in [0.717, 1.165) is 16.7 Å². The Morgan fingerprint density at radius 3 is 2.80 bits per heavy atom. The maximum atomic E-state index is 12.7. The molecule has 0 saturated heterocycles. The minimum absolute atomic E-state index is 0.282. The summed E-state index contributed by atoms with van der Waals surface area (Å²) in [6, 6.07) is 7.67. The van der Waals surface area contributed by atoms with E-state index in [4.69, 9.17) is 4.74 Å². The average Bonchev–Trinajstić information content (AvgIpc) is 3.00. The van der Waals surface area contributed by atoms with Gasteiger partial charge in [0.2, 0.25) is 5.90 Å². The Labute approximate surface area is 153 Å². The summed E-state index contributed by atoms with van der Waals surface area (Å²) in [6.07, 6.45) is 0. The quantitative estimate of drug-likeness (QED) is 0.784. The van der Waals surface area contributed by atoms with Gasteiger partial charge in [-0.1, -0.05) is 6.07 Å². The van der Waals surface area contributed by atoms with Crippen molar-refractivity contribution in [3.05, 3.63) is 56.3 Å². The number of rotatable bonds is 2. The molecule has 0 saturated carbocycles. The molecule has 1 N–H and O–H groups in total. The van der Waals surface area contributed by atoms with Crippen molar-refractivity contribution in [2.75, 3.05) is 12.4 Å². The Balaban J connectivity index is 1.92. The number of nitrogens with one attached hydrogen (secondary N) is 1. The topological polar surface area (TPSA) is 87.4 Å². The Kier molecular flexibility index (Phi) is 4.55. The first-order chi connectivity index (χ1) is 12.0. The van der Waals surface area contributed by atoms with E-state index in [2.05, 4.69) is 37.3 Å². The lowest BCUT2D eigenvalue weighted by Crippen LogP contribution is -2.17. The highest BCUT2D eigenvalue weighted by atomic mass is 79.9. The molecule has 1 amide bonds. The van der Waals surface area contributed by atoms with Gasteiger partial charge in [0.05, 0.1) is 19.2 Å². The molecule has 0 unspecified atom stereocenters. The van der Waals surface area contributed by atoms with Gasteiger partial charge in [-0.15, -0.1) is 0 Å². The number of aliphatic imine (C=N–C) groups is 1. The predicted octanol–water partition coefficient (Wildman–Crippen LogP) is 3.49. The average molecular weight is 399 g/mol. The van der Waals surface area contributed by atoms with Crippen LogP contribution in [0.4, 0.5) is 5.69 Å². The van der Waals surface area contributed by atoms with Gasteiger partial charge in [0, 0.05) is 11.3 Å². The lowest BCUT2D eigenvalue weighted by atomic mass is 10.0. The van der Waals surface area contributed by atoms with Crippen LogP contribution in [-0.2, 0) is 11.3 Å². The molecule has 126 valence electrons. The largest absolute Gasteiger partial charge is 0.481 e. The summed E-state index contributed by atoms with van der Waals surface area (Å²) in [4.78, 5) is 21.2. The first-order valence-electron chi connectivity index (χ1n) is 7.56. The number of hydrogen-bond acceptors (Lipinski definition) is 5. The molecular formula is C18H15BrN4O2. The highest BCUT2D eigenvalue weighted by Gasteiger charge is 2.20. The van der Waals surface area contributed by atoms with E-state index in [9.17, 15) is 10.1 Å². The zero-order chi connectivity index (χ0) is 18.1. The number of aromatic nitrogens is 1. The van der Waals surface area contributed by atoms with Gasteiger partial charge in [-0.25, -0.2) is 9.98 Å². The van der Waals surface area contributed by atoms with E-state index in [1.807, 2.05) is 18.2 Å². The molecule has 0 atom stereocenters. The second-order valence-electron chi connectivity index (χ2n) is 5.64. The van der Waals surface area contributed by atoms with Crippen LogP contribution in [-0.4, -0.2) is 23.9 Å². The van der Waals surface area contributed by atoms with Gasteiger partial charge in [-0.2, -0.15) is 5.26 Å². The van der Waals surface area contributed by atoms with E-state index in [1.165, 1.54) is 0 Å². The number of anilines is 1. The second-order valence-corrected chi connectivity index (χ2v) is 6.39. The fourth-order valence-electron chi connectivity index (χ4n) is 2.71. The van der Waals surface area contributed by atoms with Crippen molar-refractivity contribution in [3.8, 4) is 6.07 Å². The molecule has 2 heterocycles. The van der Waals surface area contributed by atoms with Crippen LogP contribution in [0.1, 0.15) is 38.3 Å². The van der Waals surface area contributed by atoms with Gasteiger partial charge in [-0.3, -0.25) is 4.79 Å². The molecule has 1 aliphatic heterocycles. The van der Waals surface area contributed by atoms with E-state index in [0.29, 0.717) is 33.9 Å². The molecule has 0 spiro atoms. The Bertz CT molecular complexity index is 961. The highest BCUT2D eigenvalue weighted by Crippen LogP contribution is 2.25. The molecule has 25 heavy (non-hydrogen) atoms. The third-order valence-corrected chi connectivity index (χ3v) is 4.79. The molecule has 0 fully saturated rings. The van der Waals surface area contributed by atoms with Gasteiger partial charge >= 0.3 is 0 Å². The highest BCUT2D eigenvalue weighted by molar-refractivity contribution is 9.10. The van der Waals surface area contributed by atoms with Crippen LogP contribution in [0.25, 0.3) is 0 Å². The lowest BCUT2D eigenvalue weighted by Gasteiger charge is -2.12. The van der Waals surface area contributed by atoms with Gasteiger partial charge < -0.3 is 10.1 Å². The molecular weight excluding hydrogens is 384 g/mol. The van der Waals surface area contributed by atoms with Crippen molar-refractivity contribution in [3.63, 3.8) is 0 Å². The van der Waals surface area contributed by atoms with E-state index < -0.39 is 0 Å². The second kappa shape index (κ2) is 6.65. The number of amides is 1. The fourth-order valence-corrected chi connectivity index (χ4v) is 3.27. The number of hydrogen-bond donors (Lipinski definition) is 1. The molecule has 3 rings (SSSR count). The fraction of sp³-hybridized carbons (Fsp3) is 0.222. The van der Waals surface area contributed by atoms with Crippen LogP contribution in [0.2, 0.25) is 0 Å². The number of nitrogens with zero attached hydrogens (tertiary/aromatic N) is 3. The standard InChI is InChI=1S/C18H15BrN4O2/c1-9-10(2)15(23-16(19)14(9)7-20)17(24)22-12-5-4-11-8-21-18(25-3)13(11)6-12/h4-6H,8H2,1-3H3,(H,22,24). The van der Waals surface area contributed by atoms with Crippen LogP contribution in [0.15, 0.2) is 27.8 Å². The van der Waals surface area contributed by atoms with Gasteiger partial charge in [-0.05, 0) is 58.6 Å². The van der Waals surface area contributed by atoms with Crippen LogP contribution in [0.5, 0.6) is 0 Å². The molecule has 0 radical (unpaired) electrons. The molecule has 0 bridgehead atoms. The number of nitriles is 1. The summed E-state index contributed by atoms with van der Waals surface area (Å²) >= 11 is 3.26. The smallest absolute Gasteiger partial charge is 0.274 e. The van der Waals surface area contributed by atoms with Crippen LogP contribution in [0, 0.1) is 25.2 Å². The molecule has 0 aliphatic carbocycles.